The van der Waals surface area contributed by atoms with E-state index in [1.54, 1.807) is 12.4 Å². The van der Waals surface area contributed by atoms with E-state index >= 15 is 0 Å². The number of nitrogen functional groups attached to an aromatic ring is 1. The third-order valence-corrected chi connectivity index (χ3v) is 2.46. The maximum Gasteiger partial charge on any atom is 0.0979 e. The van der Waals surface area contributed by atoms with Gasteiger partial charge in [-0.25, -0.2) is 0 Å². The van der Waals surface area contributed by atoms with Crippen LogP contribution < -0.4 is 5.73 Å². The molecule has 0 aliphatic carbocycles. The predicted molar refractivity (Wildman–Crippen MR) is 66.8 cm³/mol. The van der Waals surface area contributed by atoms with Crippen molar-refractivity contribution in [2.24, 2.45) is 0 Å². The van der Waals surface area contributed by atoms with Gasteiger partial charge < -0.3 is 5.73 Å². The summed E-state index contributed by atoms with van der Waals surface area (Å²) < 4.78 is 0. The summed E-state index contributed by atoms with van der Waals surface area (Å²) in [6.45, 7) is 0. The number of fused-ring (bicyclic) bond motifs is 1. The minimum absolute atomic E-state index is 0.722. The first-order chi connectivity index (χ1) is 7.33. The summed E-state index contributed by atoms with van der Waals surface area (Å²) in [5.74, 6) is 0. The van der Waals surface area contributed by atoms with Crippen LogP contribution in [0.1, 0.15) is 5.56 Å². The molecule has 1 aromatic heterocycles. The first-order valence-corrected chi connectivity index (χ1v) is 5.67. The van der Waals surface area contributed by atoms with Crippen molar-refractivity contribution < 1.29 is 0 Å². The number of nitrogens with two attached hydrogens (primary N) is 1. The second-order valence-corrected chi connectivity index (χ2v) is 3.70. The monoisotopic (exact) mass is 263 g/mol. The number of rotatable bonds is 2. The number of allylic oxidation sites excluding steroid dienone is 1. The molecule has 15 heavy (non-hydrogen) atoms. The topological polar surface area (TPSA) is 51.8 Å². The lowest BCUT2D eigenvalue weighted by Gasteiger charge is -2.03. The van der Waals surface area contributed by atoms with Gasteiger partial charge in [-0.2, -0.15) is 0 Å². The summed E-state index contributed by atoms with van der Waals surface area (Å²) in [5.41, 5.74) is 9.25. The van der Waals surface area contributed by atoms with E-state index in [1.165, 1.54) is 0 Å². The van der Waals surface area contributed by atoms with Crippen molar-refractivity contribution in [2.75, 3.05) is 11.1 Å². The molecule has 0 bridgehead atoms. The molecular formula is C11H10BrN3. The van der Waals surface area contributed by atoms with Crippen molar-refractivity contribution in [2.45, 2.75) is 0 Å². The Balaban J connectivity index is 2.68. The zero-order valence-corrected chi connectivity index (χ0v) is 9.61. The van der Waals surface area contributed by atoms with Gasteiger partial charge in [0.05, 0.1) is 11.0 Å². The van der Waals surface area contributed by atoms with Gasteiger partial charge in [0.1, 0.15) is 0 Å². The van der Waals surface area contributed by atoms with Crippen LogP contribution in [0.3, 0.4) is 0 Å². The maximum absolute atomic E-state index is 5.89. The first kappa shape index (κ1) is 10.1. The van der Waals surface area contributed by atoms with Crippen LogP contribution in [0.5, 0.6) is 0 Å². The molecule has 2 N–H and O–H groups in total. The third-order valence-electron chi connectivity index (χ3n) is 2.09. The van der Waals surface area contributed by atoms with E-state index in [1.807, 2.05) is 24.3 Å². The predicted octanol–water partition coefficient (Wildman–Crippen LogP) is 2.62. The van der Waals surface area contributed by atoms with Gasteiger partial charge in [0.15, 0.2) is 0 Å². The molecule has 2 rings (SSSR count). The number of benzene rings is 1. The molecule has 1 heterocycles. The van der Waals surface area contributed by atoms with E-state index in [4.69, 9.17) is 5.73 Å². The summed E-state index contributed by atoms with van der Waals surface area (Å²) in [6.07, 6.45) is 7.30. The van der Waals surface area contributed by atoms with Gasteiger partial charge in [-0.1, -0.05) is 28.1 Å². The average molecular weight is 264 g/mol. The van der Waals surface area contributed by atoms with Gasteiger partial charge >= 0.3 is 0 Å². The van der Waals surface area contributed by atoms with Gasteiger partial charge in [0.25, 0.3) is 0 Å². The highest BCUT2D eigenvalue weighted by atomic mass is 79.9. The Bertz CT molecular complexity index is 508. The molecule has 2 aromatic rings. The molecule has 76 valence electrons. The second kappa shape index (κ2) is 4.40. The van der Waals surface area contributed by atoms with Crippen molar-refractivity contribution >= 4 is 38.7 Å². The Hall–Kier alpha value is -1.42. The van der Waals surface area contributed by atoms with Gasteiger partial charge in [-0.05, 0) is 12.1 Å². The molecule has 0 aliphatic heterocycles. The lowest BCUT2D eigenvalue weighted by molar-refractivity contribution is 1.29. The van der Waals surface area contributed by atoms with Gasteiger partial charge in [-0.3, -0.25) is 9.97 Å². The standard InChI is InChI=1S/C11H10BrN3/c12-5-1-2-8-9(13)3-4-10-11(8)15-7-6-14-10/h1-4,6-7H,5,13H2. The van der Waals surface area contributed by atoms with Crippen molar-refractivity contribution in [1.82, 2.24) is 9.97 Å². The van der Waals surface area contributed by atoms with E-state index in [9.17, 15) is 0 Å². The smallest absolute Gasteiger partial charge is 0.0979 e. The first-order valence-electron chi connectivity index (χ1n) is 4.54. The second-order valence-electron chi connectivity index (χ2n) is 3.05. The van der Waals surface area contributed by atoms with Crippen LogP contribution in [0.15, 0.2) is 30.6 Å². The Morgan fingerprint density at radius 1 is 1.27 bits per heavy atom. The van der Waals surface area contributed by atoms with Crippen molar-refractivity contribution in [1.29, 1.82) is 0 Å². The highest BCUT2D eigenvalue weighted by Crippen LogP contribution is 2.22. The van der Waals surface area contributed by atoms with Crippen LogP contribution >= 0.6 is 15.9 Å². The zero-order chi connectivity index (χ0) is 10.7. The fraction of sp³-hybridized carbons (Fsp3) is 0.0909. The van der Waals surface area contributed by atoms with E-state index in [-0.39, 0.29) is 0 Å². The molecule has 0 atom stereocenters. The molecule has 0 saturated carbocycles. The zero-order valence-electron chi connectivity index (χ0n) is 8.02. The molecule has 1 aromatic carbocycles. The fourth-order valence-corrected chi connectivity index (χ4v) is 1.60. The summed E-state index contributed by atoms with van der Waals surface area (Å²) in [4.78, 5) is 8.51. The minimum Gasteiger partial charge on any atom is -0.398 e. The van der Waals surface area contributed by atoms with Crippen molar-refractivity contribution in [3.8, 4) is 0 Å². The molecule has 0 spiro atoms. The lowest BCUT2D eigenvalue weighted by atomic mass is 10.1. The van der Waals surface area contributed by atoms with Gasteiger partial charge in [-0.15, -0.1) is 0 Å². The van der Waals surface area contributed by atoms with Crippen LogP contribution in [0.4, 0.5) is 5.69 Å². The van der Waals surface area contributed by atoms with Crippen LogP contribution in [-0.4, -0.2) is 15.3 Å². The number of hydrogen-bond acceptors (Lipinski definition) is 3. The SMILES string of the molecule is Nc1ccc2nccnc2c1C=CCBr. The van der Waals surface area contributed by atoms with E-state index in [0.717, 1.165) is 27.6 Å². The van der Waals surface area contributed by atoms with Crippen LogP contribution in [0.25, 0.3) is 17.1 Å². The fourth-order valence-electron chi connectivity index (χ4n) is 1.41. The van der Waals surface area contributed by atoms with Crippen LogP contribution in [0.2, 0.25) is 0 Å². The van der Waals surface area contributed by atoms with Crippen LogP contribution in [0, 0.1) is 0 Å². The third kappa shape index (κ3) is 1.99. The lowest BCUT2D eigenvalue weighted by Crippen LogP contribution is -1.93. The Morgan fingerprint density at radius 2 is 2.07 bits per heavy atom. The molecule has 0 unspecified atom stereocenters. The maximum atomic E-state index is 5.89. The van der Waals surface area contributed by atoms with Gasteiger partial charge in [0, 0.05) is 29.0 Å². The van der Waals surface area contributed by atoms with Crippen molar-refractivity contribution in [3.05, 3.63) is 36.2 Å². The summed E-state index contributed by atoms with van der Waals surface area (Å²) in [6, 6.07) is 3.73. The number of aromatic nitrogens is 2. The summed E-state index contributed by atoms with van der Waals surface area (Å²) in [5, 5.41) is 0.795. The number of nitrogens with zero attached hydrogens (tertiary/aromatic N) is 2. The van der Waals surface area contributed by atoms with Crippen molar-refractivity contribution in [3.63, 3.8) is 0 Å². The van der Waals surface area contributed by atoms with Gasteiger partial charge in [0.2, 0.25) is 0 Å². The molecule has 0 saturated heterocycles. The average Bonchev–Trinajstić information content (AvgIpc) is 2.28. The molecule has 3 nitrogen and oxygen atoms in total. The highest BCUT2D eigenvalue weighted by molar-refractivity contribution is 9.09. The quantitative estimate of drug-likeness (QED) is 0.670. The molecule has 0 fully saturated rings. The molecule has 4 heteroatoms. The Labute approximate surface area is 96.2 Å². The highest BCUT2D eigenvalue weighted by Gasteiger charge is 2.03. The minimum atomic E-state index is 0.722. The molecule has 0 aliphatic rings. The molecule has 0 radical (unpaired) electrons. The van der Waals surface area contributed by atoms with E-state index in [0.29, 0.717) is 0 Å². The van der Waals surface area contributed by atoms with Crippen LogP contribution in [-0.2, 0) is 0 Å². The molecular weight excluding hydrogens is 254 g/mol. The number of hydrogen-bond donors (Lipinski definition) is 1. The normalized spacial score (nSPS) is 11.3. The number of anilines is 1. The number of halogens is 1. The largest absolute Gasteiger partial charge is 0.398 e. The Kier molecular flexibility index (Phi) is 2.97. The Morgan fingerprint density at radius 3 is 2.87 bits per heavy atom. The summed E-state index contributed by atoms with van der Waals surface area (Å²) in [7, 11) is 0. The van der Waals surface area contributed by atoms with E-state index < -0.39 is 0 Å². The molecule has 0 amide bonds. The van der Waals surface area contributed by atoms with E-state index in [2.05, 4.69) is 25.9 Å². The summed E-state index contributed by atoms with van der Waals surface area (Å²) >= 11 is 3.33. The number of alkyl halides is 1.